The summed E-state index contributed by atoms with van der Waals surface area (Å²) in [7, 11) is 3.01. The van der Waals surface area contributed by atoms with Crippen molar-refractivity contribution in [2.75, 3.05) is 24.4 Å². The number of para-hydroxylation sites is 3. The summed E-state index contributed by atoms with van der Waals surface area (Å²) in [6.07, 6.45) is 0. The zero-order valence-electron chi connectivity index (χ0n) is 16.9. The van der Waals surface area contributed by atoms with Crippen LogP contribution in [0.1, 0.15) is 5.56 Å². The predicted molar refractivity (Wildman–Crippen MR) is 115 cm³/mol. The van der Waals surface area contributed by atoms with Crippen LogP contribution in [0.25, 0.3) is 5.57 Å². The Morgan fingerprint density at radius 3 is 2.06 bits per heavy atom. The van der Waals surface area contributed by atoms with Gasteiger partial charge in [-0.1, -0.05) is 30.3 Å². The first-order chi connectivity index (χ1) is 15.0. The Hall–Kier alpha value is -4.13. The highest BCUT2D eigenvalue weighted by Crippen LogP contribution is 2.38. The molecule has 1 aliphatic rings. The standard InChI is InChI=1S/C24H19FN2O4/c1-30-19-9-5-3-7-17(19)21-22(26-18-8-4-6-10-20(18)31-2)24(29)27(23(21)28)16-13-11-15(25)12-14-16/h3-14,26H,1-2H3. The maximum Gasteiger partial charge on any atom is 0.282 e. The van der Waals surface area contributed by atoms with Gasteiger partial charge >= 0.3 is 0 Å². The number of benzene rings is 3. The predicted octanol–water partition coefficient (Wildman–Crippen LogP) is 4.24. The van der Waals surface area contributed by atoms with Crippen molar-refractivity contribution >= 4 is 28.8 Å². The topological polar surface area (TPSA) is 67.9 Å². The second kappa shape index (κ2) is 8.31. The van der Waals surface area contributed by atoms with Crippen LogP contribution in [0.4, 0.5) is 15.8 Å². The average Bonchev–Trinajstić information content (AvgIpc) is 3.04. The lowest BCUT2D eigenvalue weighted by atomic mass is 10.0. The van der Waals surface area contributed by atoms with Gasteiger partial charge in [0.25, 0.3) is 11.8 Å². The minimum atomic E-state index is -0.566. The molecule has 0 aromatic heterocycles. The first kappa shape index (κ1) is 20.2. The number of halogens is 1. The van der Waals surface area contributed by atoms with Crippen LogP contribution in [-0.4, -0.2) is 26.0 Å². The summed E-state index contributed by atoms with van der Waals surface area (Å²) in [4.78, 5) is 27.9. The number of hydrogen-bond donors (Lipinski definition) is 1. The van der Waals surface area contributed by atoms with Crippen LogP contribution in [0.3, 0.4) is 0 Å². The van der Waals surface area contributed by atoms with Crippen LogP contribution >= 0.6 is 0 Å². The monoisotopic (exact) mass is 418 g/mol. The third-order valence-corrected chi connectivity index (χ3v) is 4.91. The van der Waals surface area contributed by atoms with Crippen molar-refractivity contribution in [2.24, 2.45) is 0 Å². The summed E-state index contributed by atoms with van der Waals surface area (Å²) in [5.41, 5.74) is 1.47. The third-order valence-electron chi connectivity index (χ3n) is 4.91. The molecule has 0 fully saturated rings. The second-order valence-electron chi connectivity index (χ2n) is 6.70. The molecule has 31 heavy (non-hydrogen) atoms. The fourth-order valence-electron chi connectivity index (χ4n) is 3.45. The van der Waals surface area contributed by atoms with Gasteiger partial charge < -0.3 is 14.8 Å². The van der Waals surface area contributed by atoms with E-state index in [9.17, 15) is 14.0 Å². The highest BCUT2D eigenvalue weighted by molar-refractivity contribution is 6.46. The highest BCUT2D eigenvalue weighted by Gasteiger charge is 2.41. The lowest BCUT2D eigenvalue weighted by Crippen LogP contribution is -2.32. The minimum absolute atomic E-state index is 0.0725. The highest BCUT2D eigenvalue weighted by atomic mass is 19.1. The lowest BCUT2D eigenvalue weighted by Gasteiger charge is -2.16. The fraction of sp³-hybridized carbons (Fsp3) is 0.0833. The molecule has 1 heterocycles. The molecule has 0 bridgehead atoms. The number of nitrogens with zero attached hydrogens (tertiary/aromatic N) is 1. The normalized spacial score (nSPS) is 13.6. The molecular weight excluding hydrogens is 399 g/mol. The van der Waals surface area contributed by atoms with Crippen molar-refractivity contribution in [3.63, 3.8) is 0 Å². The minimum Gasteiger partial charge on any atom is -0.496 e. The molecule has 0 atom stereocenters. The molecule has 3 aromatic carbocycles. The second-order valence-corrected chi connectivity index (χ2v) is 6.70. The van der Waals surface area contributed by atoms with Crippen molar-refractivity contribution in [2.45, 2.75) is 0 Å². The number of anilines is 2. The Bertz CT molecular complexity index is 1190. The molecule has 6 nitrogen and oxygen atoms in total. The number of ether oxygens (including phenoxy) is 2. The van der Waals surface area contributed by atoms with Crippen molar-refractivity contribution in [1.82, 2.24) is 0 Å². The van der Waals surface area contributed by atoms with Gasteiger partial charge in [-0.2, -0.15) is 0 Å². The number of rotatable bonds is 6. The van der Waals surface area contributed by atoms with E-state index in [1.54, 1.807) is 48.5 Å². The average molecular weight is 418 g/mol. The molecule has 3 aromatic rings. The molecule has 0 aliphatic carbocycles. The molecule has 0 saturated carbocycles. The smallest absolute Gasteiger partial charge is 0.282 e. The number of nitrogens with one attached hydrogen (secondary N) is 1. The SMILES string of the molecule is COc1ccccc1NC1=C(c2ccccc2OC)C(=O)N(c2ccc(F)cc2)C1=O. The van der Waals surface area contributed by atoms with Gasteiger partial charge in [-0.3, -0.25) is 9.59 Å². The molecule has 2 amide bonds. The molecule has 0 unspecified atom stereocenters. The Labute approximate surface area is 178 Å². The van der Waals surface area contributed by atoms with Crippen LogP contribution in [-0.2, 0) is 9.59 Å². The van der Waals surface area contributed by atoms with Gasteiger partial charge in [0, 0.05) is 5.56 Å². The van der Waals surface area contributed by atoms with Gasteiger partial charge in [0.1, 0.15) is 23.0 Å². The van der Waals surface area contributed by atoms with E-state index < -0.39 is 17.6 Å². The number of carbonyl (C=O) groups excluding carboxylic acids is 2. The Morgan fingerprint density at radius 1 is 0.774 bits per heavy atom. The molecule has 7 heteroatoms. The van der Waals surface area contributed by atoms with Crippen LogP contribution in [0.15, 0.2) is 78.5 Å². The quantitative estimate of drug-likeness (QED) is 0.607. The van der Waals surface area contributed by atoms with E-state index in [1.165, 1.54) is 38.5 Å². The summed E-state index contributed by atoms with van der Waals surface area (Å²) < 4.78 is 24.2. The Balaban J connectivity index is 1.88. The van der Waals surface area contributed by atoms with Crippen LogP contribution < -0.4 is 19.7 Å². The molecule has 156 valence electrons. The summed E-state index contributed by atoms with van der Waals surface area (Å²) in [6, 6.07) is 19.2. The van der Waals surface area contributed by atoms with E-state index in [4.69, 9.17) is 9.47 Å². The summed E-state index contributed by atoms with van der Waals surface area (Å²) in [5, 5.41) is 3.06. The number of carbonyl (C=O) groups is 2. The van der Waals surface area contributed by atoms with E-state index >= 15 is 0 Å². The molecule has 0 saturated heterocycles. The zero-order chi connectivity index (χ0) is 22.0. The molecular formula is C24H19FN2O4. The number of amides is 2. The van der Waals surface area contributed by atoms with Crippen molar-refractivity contribution < 1.29 is 23.5 Å². The molecule has 0 radical (unpaired) electrons. The van der Waals surface area contributed by atoms with Gasteiger partial charge in [-0.25, -0.2) is 9.29 Å². The maximum atomic E-state index is 13.5. The largest absolute Gasteiger partial charge is 0.496 e. The summed E-state index contributed by atoms with van der Waals surface area (Å²) >= 11 is 0. The zero-order valence-corrected chi connectivity index (χ0v) is 16.9. The summed E-state index contributed by atoms with van der Waals surface area (Å²) in [6.45, 7) is 0. The molecule has 1 N–H and O–H groups in total. The maximum absolute atomic E-state index is 13.5. The van der Waals surface area contributed by atoms with Crippen LogP contribution in [0, 0.1) is 5.82 Å². The number of hydrogen-bond acceptors (Lipinski definition) is 5. The Morgan fingerprint density at radius 2 is 1.39 bits per heavy atom. The van der Waals surface area contributed by atoms with Gasteiger partial charge in [-0.05, 0) is 42.5 Å². The van der Waals surface area contributed by atoms with Crippen molar-refractivity contribution in [3.05, 3.63) is 89.9 Å². The van der Waals surface area contributed by atoms with E-state index in [0.717, 1.165) is 4.90 Å². The molecule has 0 spiro atoms. The number of methoxy groups -OCH3 is 2. The van der Waals surface area contributed by atoms with Crippen molar-refractivity contribution in [3.8, 4) is 11.5 Å². The lowest BCUT2D eigenvalue weighted by molar-refractivity contribution is -0.120. The van der Waals surface area contributed by atoms with E-state index in [2.05, 4.69) is 5.32 Å². The number of imide groups is 1. The first-order valence-electron chi connectivity index (χ1n) is 9.47. The van der Waals surface area contributed by atoms with Gasteiger partial charge in [0.2, 0.25) is 0 Å². The van der Waals surface area contributed by atoms with E-state index in [-0.39, 0.29) is 17.0 Å². The van der Waals surface area contributed by atoms with Gasteiger partial charge in [0.15, 0.2) is 0 Å². The van der Waals surface area contributed by atoms with Crippen molar-refractivity contribution in [1.29, 1.82) is 0 Å². The summed E-state index contributed by atoms with van der Waals surface area (Å²) in [5.74, 6) is -0.621. The Kier molecular flexibility index (Phi) is 5.41. The van der Waals surface area contributed by atoms with Crippen LogP contribution in [0.2, 0.25) is 0 Å². The molecule has 4 rings (SSSR count). The van der Waals surface area contributed by atoms with Gasteiger partial charge in [-0.15, -0.1) is 0 Å². The van der Waals surface area contributed by atoms with Crippen LogP contribution in [0.5, 0.6) is 11.5 Å². The van der Waals surface area contributed by atoms with Gasteiger partial charge in [0.05, 0.1) is 31.2 Å². The fourth-order valence-corrected chi connectivity index (χ4v) is 3.45. The van der Waals surface area contributed by atoms with E-state index in [1.807, 2.05) is 0 Å². The molecule has 1 aliphatic heterocycles. The van der Waals surface area contributed by atoms with E-state index in [0.29, 0.717) is 22.7 Å². The first-order valence-corrected chi connectivity index (χ1v) is 9.47. The third kappa shape index (κ3) is 3.61.